The minimum absolute atomic E-state index is 0.434. The number of hydrogen-bond acceptors (Lipinski definition) is 1. The minimum Gasteiger partial charge on any atom is -0.396 e. The maximum absolute atomic E-state index is 8.78. The fourth-order valence-electron chi connectivity index (χ4n) is 2.23. The fourth-order valence-corrected chi connectivity index (χ4v) is 2.23. The summed E-state index contributed by atoms with van der Waals surface area (Å²) in [6, 6.07) is 0. The molecule has 2 rings (SSSR count). The monoisotopic (exact) mass is 140 g/mol. The lowest BCUT2D eigenvalue weighted by atomic mass is 9.63. The summed E-state index contributed by atoms with van der Waals surface area (Å²) in [5.74, 6) is 2.74. The average molecular weight is 140 g/mol. The molecule has 0 aromatic heterocycles. The molecule has 2 aliphatic rings. The highest BCUT2D eigenvalue weighted by Crippen LogP contribution is 2.46. The first-order chi connectivity index (χ1) is 4.90. The van der Waals surface area contributed by atoms with E-state index in [0.717, 1.165) is 11.8 Å². The van der Waals surface area contributed by atoms with Gasteiger partial charge in [0, 0.05) is 6.61 Å². The van der Waals surface area contributed by atoms with Crippen LogP contribution in [0.5, 0.6) is 0 Å². The Morgan fingerprint density at radius 3 is 2.20 bits per heavy atom. The van der Waals surface area contributed by atoms with Gasteiger partial charge in [-0.25, -0.2) is 0 Å². The van der Waals surface area contributed by atoms with E-state index in [-0.39, 0.29) is 0 Å². The Morgan fingerprint density at radius 1 is 1.10 bits per heavy atom. The van der Waals surface area contributed by atoms with E-state index in [9.17, 15) is 0 Å². The molecule has 1 heteroatoms. The van der Waals surface area contributed by atoms with Gasteiger partial charge in [0.25, 0.3) is 0 Å². The molecule has 1 N–H and O–H groups in total. The van der Waals surface area contributed by atoms with E-state index in [4.69, 9.17) is 5.11 Å². The van der Waals surface area contributed by atoms with Crippen molar-refractivity contribution in [3.8, 4) is 0 Å². The van der Waals surface area contributed by atoms with Crippen molar-refractivity contribution in [1.29, 1.82) is 0 Å². The van der Waals surface area contributed by atoms with Crippen LogP contribution < -0.4 is 0 Å². The van der Waals surface area contributed by atoms with Gasteiger partial charge in [0.1, 0.15) is 0 Å². The number of rotatable bonds is 2. The first-order valence-corrected chi connectivity index (χ1v) is 4.51. The zero-order valence-electron chi connectivity index (χ0n) is 6.42. The van der Waals surface area contributed by atoms with Gasteiger partial charge in [0.05, 0.1) is 0 Å². The van der Waals surface area contributed by atoms with Crippen LogP contribution >= 0.6 is 0 Å². The summed E-state index contributed by atoms with van der Waals surface area (Å²) >= 11 is 0. The molecule has 0 aromatic carbocycles. The third-order valence-electron chi connectivity index (χ3n) is 3.35. The topological polar surface area (TPSA) is 20.2 Å². The first kappa shape index (κ1) is 6.66. The summed E-state index contributed by atoms with van der Waals surface area (Å²) in [6.07, 6.45) is 7.05. The van der Waals surface area contributed by atoms with Gasteiger partial charge in [0.2, 0.25) is 0 Å². The van der Waals surface area contributed by atoms with Gasteiger partial charge in [-0.2, -0.15) is 0 Å². The van der Waals surface area contributed by atoms with Crippen LogP contribution in [0.4, 0.5) is 0 Å². The summed E-state index contributed by atoms with van der Waals surface area (Å²) in [5, 5.41) is 8.78. The average Bonchev–Trinajstić information content (AvgIpc) is 1.72. The predicted octanol–water partition coefficient (Wildman–Crippen LogP) is 1.80. The minimum atomic E-state index is 0.434. The number of hydrogen-bond donors (Lipinski definition) is 1. The quantitative estimate of drug-likeness (QED) is 0.620. The highest BCUT2D eigenvalue weighted by molar-refractivity contribution is 4.87. The Morgan fingerprint density at radius 2 is 1.80 bits per heavy atom. The lowest BCUT2D eigenvalue weighted by Gasteiger charge is -2.43. The molecule has 0 aliphatic heterocycles. The van der Waals surface area contributed by atoms with Crippen molar-refractivity contribution in [1.82, 2.24) is 0 Å². The lowest BCUT2D eigenvalue weighted by Crippen LogP contribution is -2.35. The van der Waals surface area contributed by atoms with E-state index in [2.05, 4.69) is 0 Å². The third kappa shape index (κ3) is 0.968. The zero-order chi connectivity index (χ0) is 6.97. The van der Waals surface area contributed by atoms with Gasteiger partial charge in [-0.1, -0.05) is 19.3 Å². The van der Waals surface area contributed by atoms with Crippen molar-refractivity contribution in [2.24, 2.45) is 17.8 Å². The molecule has 0 heterocycles. The molecular formula is C9H16O. The van der Waals surface area contributed by atoms with Crippen LogP contribution in [0.2, 0.25) is 0 Å². The SMILES string of the molecule is OCC1CC(C2CCC2)C1. The molecule has 2 aliphatic carbocycles. The molecule has 2 fully saturated rings. The summed E-state index contributed by atoms with van der Waals surface area (Å²) < 4.78 is 0. The largest absolute Gasteiger partial charge is 0.396 e. The van der Waals surface area contributed by atoms with Crippen molar-refractivity contribution in [2.75, 3.05) is 6.61 Å². The lowest BCUT2D eigenvalue weighted by molar-refractivity contribution is 0.0394. The van der Waals surface area contributed by atoms with Crippen LogP contribution in [-0.4, -0.2) is 11.7 Å². The van der Waals surface area contributed by atoms with Crippen LogP contribution in [0.25, 0.3) is 0 Å². The van der Waals surface area contributed by atoms with E-state index >= 15 is 0 Å². The van der Waals surface area contributed by atoms with Crippen LogP contribution in [0.15, 0.2) is 0 Å². The maximum Gasteiger partial charge on any atom is 0.0459 e. The Labute approximate surface area is 62.4 Å². The number of aliphatic hydroxyl groups excluding tert-OH is 1. The highest BCUT2D eigenvalue weighted by Gasteiger charge is 2.36. The number of aliphatic hydroxyl groups is 1. The smallest absolute Gasteiger partial charge is 0.0459 e. The third-order valence-corrected chi connectivity index (χ3v) is 3.35. The normalized spacial score (nSPS) is 40.5. The fraction of sp³-hybridized carbons (Fsp3) is 1.00. The standard InChI is InChI=1S/C9H16O/c10-6-7-4-9(5-7)8-2-1-3-8/h7-10H,1-6H2. The van der Waals surface area contributed by atoms with Gasteiger partial charge >= 0.3 is 0 Å². The molecule has 0 saturated heterocycles. The Kier molecular flexibility index (Phi) is 1.69. The van der Waals surface area contributed by atoms with Crippen molar-refractivity contribution in [2.45, 2.75) is 32.1 Å². The van der Waals surface area contributed by atoms with Crippen molar-refractivity contribution < 1.29 is 5.11 Å². The molecule has 10 heavy (non-hydrogen) atoms. The summed E-state index contributed by atoms with van der Waals surface area (Å²) in [7, 11) is 0. The van der Waals surface area contributed by atoms with Gasteiger partial charge < -0.3 is 5.11 Å². The zero-order valence-corrected chi connectivity index (χ0v) is 6.42. The Balaban J connectivity index is 1.69. The molecule has 1 nitrogen and oxygen atoms in total. The molecule has 0 amide bonds. The van der Waals surface area contributed by atoms with Gasteiger partial charge in [-0.3, -0.25) is 0 Å². The summed E-state index contributed by atoms with van der Waals surface area (Å²) in [5.41, 5.74) is 0. The van der Waals surface area contributed by atoms with Crippen molar-refractivity contribution in [3.05, 3.63) is 0 Å². The molecule has 0 aromatic rings. The molecule has 2 saturated carbocycles. The second-order valence-electron chi connectivity index (χ2n) is 3.97. The van der Waals surface area contributed by atoms with Gasteiger partial charge in [0.15, 0.2) is 0 Å². The van der Waals surface area contributed by atoms with Crippen LogP contribution in [0.3, 0.4) is 0 Å². The first-order valence-electron chi connectivity index (χ1n) is 4.51. The second kappa shape index (κ2) is 2.54. The molecule has 0 unspecified atom stereocenters. The molecule has 0 atom stereocenters. The van der Waals surface area contributed by atoms with E-state index in [1.807, 2.05) is 0 Å². The molecule has 0 bridgehead atoms. The molecule has 0 spiro atoms. The highest BCUT2D eigenvalue weighted by atomic mass is 16.3. The second-order valence-corrected chi connectivity index (χ2v) is 3.97. The predicted molar refractivity (Wildman–Crippen MR) is 40.6 cm³/mol. The summed E-state index contributed by atoms with van der Waals surface area (Å²) in [6.45, 7) is 0.434. The maximum atomic E-state index is 8.78. The molecular weight excluding hydrogens is 124 g/mol. The van der Waals surface area contributed by atoms with E-state index in [1.54, 1.807) is 0 Å². The van der Waals surface area contributed by atoms with Gasteiger partial charge in [-0.05, 0) is 30.6 Å². The summed E-state index contributed by atoms with van der Waals surface area (Å²) in [4.78, 5) is 0. The molecule has 0 radical (unpaired) electrons. The van der Waals surface area contributed by atoms with Crippen molar-refractivity contribution >= 4 is 0 Å². The Hall–Kier alpha value is -0.0400. The molecule has 58 valence electrons. The van der Waals surface area contributed by atoms with Crippen LogP contribution in [-0.2, 0) is 0 Å². The van der Waals surface area contributed by atoms with Crippen LogP contribution in [0.1, 0.15) is 32.1 Å². The van der Waals surface area contributed by atoms with E-state index in [1.165, 1.54) is 32.1 Å². The Bertz CT molecular complexity index is 112. The van der Waals surface area contributed by atoms with E-state index < -0.39 is 0 Å². The van der Waals surface area contributed by atoms with Gasteiger partial charge in [-0.15, -0.1) is 0 Å². The van der Waals surface area contributed by atoms with Crippen LogP contribution in [0, 0.1) is 17.8 Å². The van der Waals surface area contributed by atoms with Crippen molar-refractivity contribution in [3.63, 3.8) is 0 Å². The van der Waals surface area contributed by atoms with E-state index in [0.29, 0.717) is 12.5 Å².